The van der Waals surface area contributed by atoms with Crippen molar-refractivity contribution in [1.82, 2.24) is 4.31 Å². The first-order valence-corrected chi connectivity index (χ1v) is 10.9. The molecule has 1 aromatic heterocycles. The number of likely N-dealkylation sites (N-methyl/N-ethyl adjacent to an activating group) is 1. The van der Waals surface area contributed by atoms with Crippen molar-refractivity contribution < 1.29 is 13.2 Å². The van der Waals surface area contributed by atoms with E-state index in [1.807, 2.05) is 24.3 Å². The lowest BCUT2D eigenvalue weighted by Gasteiger charge is -2.28. The molecule has 3 rings (SSSR count). The van der Waals surface area contributed by atoms with Crippen LogP contribution < -0.4 is 10.2 Å². The Morgan fingerprint density at radius 3 is 2.46 bits per heavy atom. The molecular weight excluding hydrogens is 370 g/mol. The average Bonchev–Trinajstić information content (AvgIpc) is 3.18. The number of nitrogens with zero attached hydrogens (tertiary/aromatic N) is 2. The van der Waals surface area contributed by atoms with Crippen molar-refractivity contribution in [3.8, 4) is 0 Å². The van der Waals surface area contributed by atoms with Gasteiger partial charge in [-0.25, -0.2) is 8.42 Å². The normalized spacial score (nSPS) is 15.2. The number of carbonyl (C=O) groups is 1. The lowest BCUT2D eigenvalue weighted by Crippen LogP contribution is -2.34. The van der Waals surface area contributed by atoms with Crippen LogP contribution in [-0.4, -0.2) is 45.3 Å². The lowest BCUT2D eigenvalue weighted by atomic mass is 10.1. The second-order valence-electron chi connectivity index (χ2n) is 6.34. The molecule has 1 saturated heterocycles. The van der Waals surface area contributed by atoms with Crippen molar-refractivity contribution in [2.45, 2.75) is 23.5 Å². The number of piperidine rings is 1. The van der Waals surface area contributed by atoms with E-state index in [1.165, 1.54) is 32.4 Å². The number of thiophene rings is 1. The van der Waals surface area contributed by atoms with Gasteiger partial charge in [0.1, 0.15) is 4.21 Å². The molecule has 8 heteroatoms. The summed E-state index contributed by atoms with van der Waals surface area (Å²) in [6.07, 6.45) is 3.71. The van der Waals surface area contributed by atoms with Gasteiger partial charge in [-0.2, -0.15) is 4.31 Å². The smallest absolute Gasteiger partial charge is 0.252 e. The molecule has 0 atom stereocenters. The first kappa shape index (κ1) is 18.9. The quantitative estimate of drug-likeness (QED) is 0.819. The Kier molecular flexibility index (Phi) is 5.95. The molecule has 0 saturated carbocycles. The van der Waals surface area contributed by atoms with Gasteiger partial charge < -0.3 is 10.2 Å². The van der Waals surface area contributed by atoms with E-state index in [4.69, 9.17) is 0 Å². The molecule has 1 fully saturated rings. The van der Waals surface area contributed by atoms with Crippen LogP contribution in [-0.2, 0) is 14.8 Å². The predicted molar refractivity (Wildman–Crippen MR) is 105 cm³/mol. The maximum atomic E-state index is 12.4. The highest BCUT2D eigenvalue weighted by atomic mass is 32.2. The molecule has 1 N–H and O–H groups in total. The Labute approximate surface area is 158 Å². The maximum absolute atomic E-state index is 12.4. The van der Waals surface area contributed by atoms with E-state index in [9.17, 15) is 13.2 Å². The summed E-state index contributed by atoms with van der Waals surface area (Å²) >= 11 is 1.14. The number of hydrogen-bond acceptors (Lipinski definition) is 5. The fourth-order valence-corrected chi connectivity index (χ4v) is 5.29. The van der Waals surface area contributed by atoms with Gasteiger partial charge in [-0.05, 0) is 55.0 Å². The number of nitrogens with one attached hydrogen (secondary N) is 1. The average molecular weight is 394 g/mol. The second kappa shape index (κ2) is 8.20. The zero-order chi connectivity index (χ0) is 18.6. The minimum Gasteiger partial charge on any atom is -0.372 e. The molecule has 1 aromatic carbocycles. The molecule has 26 heavy (non-hydrogen) atoms. The highest BCUT2D eigenvalue weighted by Crippen LogP contribution is 2.22. The monoisotopic (exact) mass is 393 g/mol. The van der Waals surface area contributed by atoms with Gasteiger partial charge in [0.05, 0.1) is 6.54 Å². The van der Waals surface area contributed by atoms with Crippen molar-refractivity contribution in [1.29, 1.82) is 0 Å². The Morgan fingerprint density at radius 1 is 1.15 bits per heavy atom. The summed E-state index contributed by atoms with van der Waals surface area (Å²) < 4.78 is 26.0. The second-order valence-corrected chi connectivity index (χ2v) is 9.56. The van der Waals surface area contributed by atoms with Gasteiger partial charge in [0.15, 0.2) is 0 Å². The van der Waals surface area contributed by atoms with Gasteiger partial charge in [-0.15, -0.1) is 11.3 Å². The molecule has 1 aliphatic rings. The van der Waals surface area contributed by atoms with Crippen LogP contribution in [0.5, 0.6) is 0 Å². The Hall–Kier alpha value is -1.90. The number of rotatable bonds is 6. The third kappa shape index (κ3) is 4.44. The summed E-state index contributed by atoms with van der Waals surface area (Å²) in [7, 11) is -2.21. The maximum Gasteiger partial charge on any atom is 0.252 e. The molecule has 2 heterocycles. The highest BCUT2D eigenvalue weighted by Gasteiger charge is 2.23. The predicted octanol–water partition coefficient (Wildman–Crippen LogP) is 3.00. The van der Waals surface area contributed by atoms with Crippen molar-refractivity contribution in [2.75, 3.05) is 36.9 Å². The zero-order valence-electron chi connectivity index (χ0n) is 14.7. The van der Waals surface area contributed by atoms with E-state index in [1.54, 1.807) is 11.4 Å². The van der Waals surface area contributed by atoms with Gasteiger partial charge in [-0.3, -0.25) is 4.79 Å². The third-order valence-electron chi connectivity index (χ3n) is 4.40. The van der Waals surface area contributed by atoms with E-state index in [0.717, 1.165) is 34.4 Å². The SMILES string of the molecule is CN(CC(=O)Nc1ccc(N2CCCCC2)cc1)S(=O)(=O)c1cccs1. The molecule has 0 spiro atoms. The number of carbonyl (C=O) groups excluding carboxylic acids is 1. The number of hydrogen-bond donors (Lipinski definition) is 1. The van der Waals surface area contributed by atoms with Crippen LogP contribution in [0.15, 0.2) is 46.0 Å². The van der Waals surface area contributed by atoms with Gasteiger partial charge in [0.25, 0.3) is 10.0 Å². The van der Waals surface area contributed by atoms with E-state index < -0.39 is 10.0 Å². The van der Waals surface area contributed by atoms with E-state index in [-0.39, 0.29) is 16.7 Å². The highest BCUT2D eigenvalue weighted by molar-refractivity contribution is 7.91. The number of sulfonamides is 1. The number of benzene rings is 1. The van der Waals surface area contributed by atoms with Crippen molar-refractivity contribution >= 4 is 38.6 Å². The Bertz CT molecular complexity index is 827. The molecule has 0 aliphatic carbocycles. The van der Waals surface area contributed by atoms with Crippen LogP contribution in [0.25, 0.3) is 0 Å². The summed E-state index contributed by atoms with van der Waals surface area (Å²) in [6, 6.07) is 10.9. The van der Waals surface area contributed by atoms with Gasteiger partial charge in [-0.1, -0.05) is 6.07 Å². The van der Waals surface area contributed by atoms with E-state index in [2.05, 4.69) is 10.2 Å². The molecule has 1 amide bonds. The molecule has 0 radical (unpaired) electrons. The third-order valence-corrected chi connectivity index (χ3v) is 7.57. The van der Waals surface area contributed by atoms with Crippen LogP contribution in [0.1, 0.15) is 19.3 Å². The zero-order valence-corrected chi connectivity index (χ0v) is 16.4. The fourth-order valence-electron chi connectivity index (χ4n) is 2.96. The molecule has 6 nitrogen and oxygen atoms in total. The Morgan fingerprint density at radius 2 is 1.85 bits per heavy atom. The fraction of sp³-hybridized carbons (Fsp3) is 0.389. The summed E-state index contributed by atoms with van der Waals surface area (Å²) in [5.41, 5.74) is 1.82. The first-order valence-electron chi connectivity index (χ1n) is 8.61. The molecule has 0 unspecified atom stereocenters. The van der Waals surface area contributed by atoms with Crippen molar-refractivity contribution in [3.63, 3.8) is 0 Å². The largest absolute Gasteiger partial charge is 0.372 e. The molecule has 0 bridgehead atoms. The van der Waals surface area contributed by atoms with Crippen molar-refractivity contribution in [3.05, 3.63) is 41.8 Å². The summed E-state index contributed by atoms with van der Waals surface area (Å²) in [4.78, 5) is 14.5. The molecule has 2 aromatic rings. The summed E-state index contributed by atoms with van der Waals surface area (Å²) in [5, 5.41) is 4.46. The summed E-state index contributed by atoms with van der Waals surface area (Å²) in [6.45, 7) is 1.91. The van der Waals surface area contributed by atoms with Gasteiger partial charge in [0, 0.05) is 31.5 Å². The first-order chi connectivity index (χ1) is 12.5. The van der Waals surface area contributed by atoms with Crippen LogP contribution in [0, 0.1) is 0 Å². The van der Waals surface area contributed by atoms with Gasteiger partial charge in [0.2, 0.25) is 5.91 Å². The standard InChI is InChI=1S/C18H23N3O3S2/c1-20(26(23,24)18-6-5-13-25-18)14-17(22)19-15-7-9-16(10-8-15)21-11-3-2-4-12-21/h5-10,13H,2-4,11-12,14H2,1H3,(H,19,22). The van der Waals surface area contributed by atoms with Crippen LogP contribution >= 0.6 is 11.3 Å². The topological polar surface area (TPSA) is 69.7 Å². The minimum atomic E-state index is -3.62. The van der Waals surface area contributed by atoms with Crippen molar-refractivity contribution in [2.24, 2.45) is 0 Å². The number of anilines is 2. The summed E-state index contributed by atoms with van der Waals surface area (Å²) in [5.74, 6) is -0.363. The number of amides is 1. The lowest BCUT2D eigenvalue weighted by molar-refractivity contribution is -0.116. The minimum absolute atomic E-state index is 0.228. The molecule has 1 aliphatic heterocycles. The van der Waals surface area contributed by atoms with Crippen LogP contribution in [0.2, 0.25) is 0 Å². The van der Waals surface area contributed by atoms with E-state index in [0.29, 0.717) is 5.69 Å². The Balaban J connectivity index is 1.57. The molecule has 140 valence electrons. The van der Waals surface area contributed by atoms with Gasteiger partial charge >= 0.3 is 0 Å². The van der Waals surface area contributed by atoms with Crippen LogP contribution in [0.4, 0.5) is 11.4 Å². The van der Waals surface area contributed by atoms with Crippen LogP contribution in [0.3, 0.4) is 0 Å². The molecular formula is C18H23N3O3S2. The van der Waals surface area contributed by atoms with E-state index >= 15 is 0 Å².